The van der Waals surface area contributed by atoms with E-state index in [0.717, 1.165) is 41.9 Å². The van der Waals surface area contributed by atoms with Crippen molar-refractivity contribution in [3.8, 4) is 5.88 Å². The molecule has 1 aromatic heterocycles. The van der Waals surface area contributed by atoms with Crippen LogP contribution < -0.4 is 10.1 Å². The van der Waals surface area contributed by atoms with Crippen molar-refractivity contribution in [3.63, 3.8) is 0 Å². The third kappa shape index (κ3) is 3.32. The molecular formula is C22H26N2O3S. The molecule has 4 aliphatic carbocycles. The fourth-order valence-corrected chi connectivity index (χ4v) is 6.83. The van der Waals surface area contributed by atoms with Gasteiger partial charge in [0.1, 0.15) is 4.90 Å². The van der Waals surface area contributed by atoms with Gasteiger partial charge in [0.05, 0.1) is 6.61 Å². The van der Waals surface area contributed by atoms with E-state index in [1.54, 1.807) is 0 Å². The van der Waals surface area contributed by atoms with E-state index in [4.69, 9.17) is 9.26 Å². The average Bonchev–Trinajstić information content (AvgIpc) is 3.04. The van der Waals surface area contributed by atoms with Gasteiger partial charge in [0.2, 0.25) is 5.76 Å². The lowest BCUT2D eigenvalue weighted by molar-refractivity contribution is -0.0173. The molecule has 28 heavy (non-hydrogen) atoms. The summed E-state index contributed by atoms with van der Waals surface area (Å²) in [5.41, 5.74) is -0.0565. The molecule has 6 heteroatoms. The molecule has 0 saturated heterocycles. The molecule has 4 bridgehead atoms. The maximum atomic E-state index is 13.2. The molecule has 0 spiro atoms. The Kier molecular flexibility index (Phi) is 4.62. The molecule has 0 aliphatic heterocycles. The Morgan fingerprint density at radius 2 is 1.82 bits per heavy atom. The minimum atomic E-state index is -0.154. The number of carbonyl (C=O) groups excluding carboxylic acids is 1. The molecule has 1 aromatic carbocycles. The van der Waals surface area contributed by atoms with Gasteiger partial charge in [-0.3, -0.25) is 4.79 Å². The molecule has 1 amide bonds. The van der Waals surface area contributed by atoms with Crippen molar-refractivity contribution in [2.75, 3.05) is 6.61 Å². The lowest BCUT2D eigenvalue weighted by Gasteiger charge is -2.56. The molecular weight excluding hydrogens is 372 g/mol. The van der Waals surface area contributed by atoms with Crippen molar-refractivity contribution in [2.24, 2.45) is 17.8 Å². The van der Waals surface area contributed by atoms with Gasteiger partial charge in [-0.05, 0) is 80.5 Å². The van der Waals surface area contributed by atoms with Gasteiger partial charge in [0.15, 0.2) is 0 Å². The smallest absolute Gasteiger partial charge is 0.291 e. The van der Waals surface area contributed by atoms with Crippen molar-refractivity contribution in [1.82, 2.24) is 10.5 Å². The third-order valence-electron chi connectivity index (χ3n) is 6.49. The Hall–Kier alpha value is -1.95. The number of hydrogen-bond donors (Lipinski definition) is 1. The summed E-state index contributed by atoms with van der Waals surface area (Å²) < 4.78 is 11.1. The molecule has 0 atom stereocenters. The van der Waals surface area contributed by atoms with Crippen molar-refractivity contribution < 1.29 is 14.1 Å². The number of aromatic nitrogens is 1. The van der Waals surface area contributed by atoms with E-state index in [2.05, 4.69) is 10.5 Å². The van der Waals surface area contributed by atoms with Gasteiger partial charge >= 0.3 is 0 Å². The van der Waals surface area contributed by atoms with Gasteiger partial charge in [-0.1, -0.05) is 30.0 Å². The number of ether oxygens (including phenoxy) is 1. The lowest BCUT2D eigenvalue weighted by Crippen LogP contribution is -2.59. The van der Waals surface area contributed by atoms with Crippen molar-refractivity contribution in [2.45, 2.75) is 60.8 Å². The Bertz CT molecular complexity index is 829. The summed E-state index contributed by atoms with van der Waals surface area (Å²) in [6.07, 6.45) is 7.37. The molecule has 1 heterocycles. The lowest BCUT2D eigenvalue weighted by atomic mass is 9.53. The van der Waals surface area contributed by atoms with Gasteiger partial charge in [-0.2, -0.15) is 0 Å². The Morgan fingerprint density at radius 3 is 2.43 bits per heavy atom. The van der Waals surface area contributed by atoms with Crippen LogP contribution in [0.2, 0.25) is 0 Å². The SMILES string of the molecule is CCOc1noc(C(=O)NC23CC4CC(CC(C4)C2)C3)c1Sc1ccccc1. The van der Waals surface area contributed by atoms with E-state index in [9.17, 15) is 4.79 Å². The van der Waals surface area contributed by atoms with Crippen LogP contribution >= 0.6 is 11.8 Å². The van der Waals surface area contributed by atoms with E-state index in [-0.39, 0.29) is 17.2 Å². The normalized spacial score (nSPS) is 30.4. The van der Waals surface area contributed by atoms with Gasteiger partial charge in [0, 0.05) is 10.4 Å². The van der Waals surface area contributed by atoms with Crippen molar-refractivity contribution in [1.29, 1.82) is 0 Å². The first kappa shape index (κ1) is 18.1. The fourth-order valence-electron chi connectivity index (χ4n) is 5.90. The van der Waals surface area contributed by atoms with Crippen LogP contribution in [-0.2, 0) is 0 Å². The highest BCUT2D eigenvalue weighted by molar-refractivity contribution is 7.99. The molecule has 2 aromatic rings. The van der Waals surface area contributed by atoms with Crippen LogP contribution in [0.25, 0.3) is 0 Å². The van der Waals surface area contributed by atoms with Crippen LogP contribution in [0.15, 0.2) is 44.6 Å². The second-order valence-corrected chi connectivity index (χ2v) is 9.73. The molecule has 0 unspecified atom stereocenters. The van der Waals surface area contributed by atoms with Gasteiger partial charge in [0.25, 0.3) is 11.8 Å². The standard InChI is InChI=1S/C22H26N2O3S/c1-2-26-21-19(28-17-6-4-3-5-7-17)18(27-24-21)20(25)23-22-11-14-8-15(12-22)10-16(9-14)13-22/h3-7,14-16H,2,8-13H2,1H3,(H,23,25). The zero-order chi connectivity index (χ0) is 19.1. The Labute approximate surface area is 169 Å². The predicted octanol–water partition coefficient (Wildman–Crippen LogP) is 4.92. The average molecular weight is 399 g/mol. The first-order valence-corrected chi connectivity index (χ1v) is 11.1. The zero-order valence-electron chi connectivity index (χ0n) is 16.1. The van der Waals surface area contributed by atoms with Gasteiger partial charge < -0.3 is 14.6 Å². The van der Waals surface area contributed by atoms with Crippen LogP contribution in [-0.4, -0.2) is 23.2 Å². The molecule has 4 saturated carbocycles. The minimum absolute atomic E-state index is 0.0565. The number of amides is 1. The number of nitrogens with one attached hydrogen (secondary N) is 1. The second-order valence-electron chi connectivity index (χ2n) is 8.65. The number of carbonyl (C=O) groups is 1. The maximum absolute atomic E-state index is 13.2. The molecule has 1 N–H and O–H groups in total. The van der Waals surface area contributed by atoms with Crippen LogP contribution in [0, 0.1) is 17.8 Å². The molecule has 148 valence electrons. The summed E-state index contributed by atoms with van der Waals surface area (Å²) in [6, 6.07) is 9.95. The third-order valence-corrected chi connectivity index (χ3v) is 7.56. The van der Waals surface area contributed by atoms with E-state index < -0.39 is 0 Å². The molecule has 5 nitrogen and oxygen atoms in total. The van der Waals surface area contributed by atoms with E-state index in [1.807, 2.05) is 37.3 Å². The fraction of sp³-hybridized carbons (Fsp3) is 0.545. The summed E-state index contributed by atoms with van der Waals surface area (Å²) in [5, 5.41) is 7.42. The van der Waals surface area contributed by atoms with Crippen LogP contribution in [0.5, 0.6) is 5.88 Å². The first-order chi connectivity index (χ1) is 13.6. The quantitative estimate of drug-likeness (QED) is 0.748. The second kappa shape index (κ2) is 7.14. The van der Waals surface area contributed by atoms with Crippen LogP contribution in [0.4, 0.5) is 0 Å². The molecule has 4 aliphatic rings. The largest absolute Gasteiger partial charge is 0.475 e. The van der Waals surface area contributed by atoms with Crippen molar-refractivity contribution in [3.05, 3.63) is 36.1 Å². The van der Waals surface area contributed by atoms with E-state index in [0.29, 0.717) is 17.4 Å². The van der Waals surface area contributed by atoms with Crippen LogP contribution in [0.1, 0.15) is 56.0 Å². The first-order valence-electron chi connectivity index (χ1n) is 10.3. The highest BCUT2D eigenvalue weighted by Crippen LogP contribution is 2.55. The topological polar surface area (TPSA) is 64.4 Å². The molecule has 6 rings (SSSR count). The summed E-state index contributed by atoms with van der Waals surface area (Å²) >= 11 is 1.47. The predicted molar refractivity (Wildman–Crippen MR) is 107 cm³/mol. The number of rotatable bonds is 6. The summed E-state index contributed by atoms with van der Waals surface area (Å²) in [6.45, 7) is 2.38. The number of hydrogen-bond acceptors (Lipinski definition) is 5. The minimum Gasteiger partial charge on any atom is -0.475 e. The van der Waals surface area contributed by atoms with Crippen molar-refractivity contribution >= 4 is 17.7 Å². The highest BCUT2D eigenvalue weighted by Gasteiger charge is 2.52. The van der Waals surface area contributed by atoms with Gasteiger partial charge in [-0.25, -0.2) is 0 Å². The molecule has 4 fully saturated rings. The highest BCUT2D eigenvalue weighted by atomic mass is 32.2. The molecule has 0 radical (unpaired) electrons. The Morgan fingerprint density at radius 1 is 1.18 bits per heavy atom. The number of nitrogens with zero attached hydrogens (tertiary/aromatic N) is 1. The number of benzene rings is 1. The summed E-state index contributed by atoms with van der Waals surface area (Å²) in [7, 11) is 0. The monoisotopic (exact) mass is 398 g/mol. The Balaban J connectivity index is 1.40. The van der Waals surface area contributed by atoms with E-state index >= 15 is 0 Å². The van der Waals surface area contributed by atoms with Crippen LogP contribution in [0.3, 0.4) is 0 Å². The zero-order valence-corrected chi connectivity index (χ0v) is 17.0. The van der Waals surface area contributed by atoms with E-state index in [1.165, 1.54) is 31.0 Å². The maximum Gasteiger partial charge on any atom is 0.291 e. The summed E-state index contributed by atoms with van der Waals surface area (Å²) in [5.74, 6) is 2.84. The van der Waals surface area contributed by atoms with Gasteiger partial charge in [-0.15, -0.1) is 0 Å². The summed E-state index contributed by atoms with van der Waals surface area (Å²) in [4.78, 5) is 14.9.